The van der Waals surface area contributed by atoms with E-state index in [1.807, 2.05) is 0 Å². The molecule has 0 aliphatic rings. The van der Waals surface area contributed by atoms with Gasteiger partial charge in [0, 0.05) is 0 Å². The van der Waals surface area contributed by atoms with Gasteiger partial charge in [-0.05, 0) is 0 Å². The number of nitrogens with one attached hydrogen (secondary N) is 4. The van der Waals surface area contributed by atoms with Gasteiger partial charge in [0.25, 0.3) is 0 Å². The molecule has 6 nitrogen and oxygen atoms in total. The summed E-state index contributed by atoms with van der Waals surface area (Å²) in [4.78, 5) is 0. The van der Waals surface area contributed by atoms with E-state index in [-0.39, 0.29) is 75.3 Å². The molecule has 0 unspecified atom stereocenters. The van der Waals surface area contributed by atoms with E-state index in [1.54, 1.807) is 0 Å². The molecule has 0 rings (SSSR count). The fourth-order valence-electron chi connectivity index (χ4n) is 0.540. The van der Waals surface area contributed by atoms with E-state index in [1.165, 1.54) is 0 Å². The second-order valence-electron chi connectivity index (χ2n) is 2.34. The van der Waals surface area contributed by atoms with Gasteiger partial charge in [0.2, 0.25) is 0 Å². The second kappa shape index (κ2) is 36.2. The number of hydrogen-bond acceptors (Lipinski definition) is 0. The Morgan fingerprint density at radius 2 is 0.706 bits per heavy atom. The first kappa shape index (κ1) is 31.5. The van der Waals surface area contributed by atoms with Crippen molar-refractivity contribution in [3.63, 3.8) is 0 Å². The van der Waals surface area contributed by atoms with Crippen LogP contribution in [0.4, 0.5) is 0 Å². The largest absolute Gasteiger partial charge is 2.00 e. The zero-order valence-electron chi connectivity index (χ0n) is 10.0. The van der Waals surface area contributed by atoms with Gasteiger partial charge in [-0.25, -0.2) is 0 Å². The number of rotatable bonds is 8. The van der Waals surface area contributed by atoms with Crippen molar-refractivity contribution in [3.8, 4) is 0 Å². The third-order valence-electron chi connectivity index (χ3n) is 1.08. The van der Waals surface area contributed by atoms with Crippen molar-refractivity contribution in [1.82, 2.24) is 0 Å². The Hall–Kier alpha value is 2.14. The summed E-state index contributed by atoms with van der Waals surface area (Å²) in [6, 6.07) is 0. The topological polar surface area (TPSA) is 123 Å². The quantitative estimate of drug-likeness (QED) is 0.168. The van der Waals surface area contributed by atoms with Crippen molar-refractivity contribution >= 4 is 0 Å². The van der Waals surface area contributed by atoms with Crippen LogP contribution in [0.25, 0.3) is 33.6 Å². The molecule has 0 amide bonds. The van der Waals surface area contributed by atoms with Crippen molar-refractivity contribution in [2.75, 3.05) is 52.4 Å². The van der Waals surface area contributed by atoms with E-state index in [2.05, 4.69) is 10.6 Å². The summed E-state index contributed by atoms with van der Waals surface area (Å²) in [5.74, 6) is 0. The zero-order valence-corrected chi connectivity index (χ0v) is 18.4. The third kappa shape index (κ3) is 46.0. The number of halogens is 2. The average molecular weight is 567 g/mol. The SMILES string of the molecule is [Cd+2].[I-].[I-].[NH-]CC[N-]CC[NH-].[NH-]CC[N-]CC[NH-]. The zero-order chi connectivity index (χ0) is 11.1. The van der Waals surface area contributed by atoms with Crippen LogP contribution in [-0.4, -0.2) is 52.4 Å². The average Bonchev–Trinajstić information content (AvgIpc) is 2.21. The van der Waals surface area contributed by atoms with Crippen molar-refractivity contribution < 1.29 is 75.3 Å². The maximum absolute atomic E-state index is 6.63. The molecule has 0 aromatic heterocycles. The molecule has 17 heavy (non-hydrogen) atoms. The molecule has 0 saturated heterocycles. The van der Waals surface area contributed by atoms with Gasteiger partial charge >= 0.3 is 27.3 Å². The molecule has 0 saturated carbocycles. The molecule has 0 bridgehead atoms. The smallest absolute Gasteiger partial charge is 1.00 e. The molecule has 0 aliphatic heterocycles. The van der Waals surface area contributed by atoms with Crippen LogP contribution in [0.2, 0.25) is 0 Å². The normalized spacial score (nSPS) is 7.76. The van der Waals surface area contributed by atoms with Crippen molar-refractivity contribution in [3.05, 3.63) is 33.6 Å². The summed E-state index contributed by atoms with van der Waals surface area (Å²) in [5.41, 5.74) is 26.5. The van der Waals surface area contributed by atoms with Crippen molar-refractivity contribution in [2.24, 2.45) is 0 Å². The van der Waals surface area contributed by atoms with Gasteiger partial charge in [-0.15, -0.1) is 0 Å². The van der Waals surface area contributed by atoms with Crippen molar-refractivity contribution in [2.45, 2.75) is 0 Å². The molecule has 104 valence electrons. The molecule has 0 aliphatic carbocycles. The molecule has 0 atom stereocenters. The molecule has 0 radical (unpaired) electrons. The summed E-state index contributed by atoms with van der Waals surface area (Å²) in [5, 5.41) is 7.67. The van der Waals surface area contributed by atoms with E-state index >= 15 is 0 Å². The van der Waals surface area contributed by atoms with Crippen LogP contribution in [0, 0.1) is 0 Å². The van der Waals surface area contributed by atoms with E-state index in [0.717, 1.165) is 0 Å². The first-order chi connectivity index (χ1) is 6.83. The van der Waals surface area contributed by atoms with Crippen LogP contribution < -0.4 is 48.0 Å². The fourth-order valence-corrected chi connectivity index (χ4v) is 0.540. The van der Waals surface area contributed by atoms with E-state index in [4.69, 9.17) is 22.9 Å². The summed E-state index contributed by atoms with van der Waals surface area (Å²) in [7, 11) is 0. The molecular weight excluding hydrogens is 546 g/mol. The predicted octanol–water partition coefficient (Wildman–Crippen LogP) is -3.07. The van der Waals surface area contributed by atoms with Crippen LogP contribution >= 0.6 is 0 Å². The van der Waals surface area contributed by atoms with E-state index < -0.39 is 0 Å². The maximum Gasteiger partial charge on any atom is 2.00 e. The first-order valence-corrected chi connectivity index (χ1v) is 4.68. The Morgan fingerprint density at radius 3 is 0.824 bits per heavy atom. The van der Waals surface area contributed by atoms with Crippen LogP contribution in [0.1, 0.15) is 0 Å². The maximum atomic E-state index is 6.63. The first-order valence-electron chi connectivity index (χ1n) is 4.68. The van der Waals surface area contributed by atoms with E-state index in [0.29, 0.717) is 52.4 Å². The Kier molecular flexibility index (Phi) is 67.0. The Bertz CT molecular complexity index is 76.4. The Morgan fingerprint density at radius 1 is 0.529 bits per heavy atom. The van der Waals surface area contributed by atoms with E-state index in [9.17, 15) is 0 Å². The van der Waals surface area contributed by atoms with Gasteiger partial charge in [0.15, 0.2) is 0 Å². The van der Waals surface area contributed by atoms with Crippen LogP contribution in [-0.2, 0) is 27.3 Å². The molecule has 0 fully saturated rings. The van der Waals surface area contributed by atoms with Gasteiger partial charge in [-0.2, -0.15) is 52.4 Å². The fraction of sp³-hybridized carbons (Fsp3) is 1.00. The van der Waals surface area contributed by atoms with Crippen LogP contribution in [0.3, 0.4) is 0 Å². The summed E-state index contributed by atoms with van der Waals surface area (Å²) in [6.07, 6.45) is 0. The second-order valence-corrected chi connectivity index (χ2v) is 2.34. The molecule has 0 heterocycles. The van der Waals surface area contributed by atoms with Crippen LogP contribution in [0.5, 0.6) is 0 Å². The molecule has 0 spiro atoms. The molecule has 0 aromatic carbocycles. The molecule has 0 aromatic rings. The molecular formula is C8H20CdI2N6-6. The predicted molar refractivity (Wildman–Crippen MR) is 62.9 cm³/mol. The molecule has 4 N–H and O–H groups in total. The Labute approximate surface area is 159 Å². The van der Waals surface area contributed by atoms with Gasteiger partial charge in [-0.3, -0.25) is 0 Å². The summed E-state index contributed by atoms with van der Waals surface area (Å²) >= 11 is 0. The number of hydrogen-bond donors (Lipinski definition) is 0. The third-order valence-corrected chi connectivity index (χ3v) is 1.08. The Balaban J connectivity index is -0.0000000480. The summed E-state index contributed by atoms with van der Waals surface area (Å²) in [6.45, 7) is 3.83. The van der Waals surface area contributed by atoms with Gasteiger partial charge in [0.05, 0.1) is 0 Å². The minimum atomic E-state index is 0. The monoisotopic (exact) mass is 568 g/mol. The van der Waals surface area contributed by atoms with Gasteiger partial charge in [-0.1, -0.05) is 0 Å². The van der Waals surface area contributed by atoms with Crippen molar-refractivity contribution in [1.29, 1.82) is 0 Å². The minimum Gasteiger partial charge on any atom is -1.00 e. The number of nitrogens with zero attached hydrogens (tertiary/aromatic N) is 2. The van der Waals surface area contributed by atoms with Crippen LogP contribution in [0.15, 0.2) is 0 Å². The summed E-state index contributed by atoms with van der Waals surface area (Å²) < 4.78 is 0. The van der Waals surface area contributed by atoms with Gasteiger partial charge in [0.1, 0.15) is 0 Å². The van der Waals surface area contributed by atoms with Gasteiger partial charge < -0.3 is 81.5 Å². The minimum absolute atomic E-state index is 0. The molecule has 9 heteroatoms. The standard InChI is InChI=1S/2C4H10N3.Cd.2HI/c2*5-1-3-7-4-2-6;;;/h2*5-6H,1-4H2;;2*1H/q2*-3;+2;;/p-2.